The van der Waals surface area contributed by atoms with Gasteiger partial charge in [-0.3, -0.25) is 4.79 Å². The Bertz CT molecular complexity index is 890. The van der Waals surface area contributed by atoms with Crippen LogP contribution in [0.5, 0.6) is 5.75 Å². The lowest BCUT2D eigenvalue weighted by Gasteiger charge is -2.39. The summed E-state index contributed by atoms with van der Waals surface area (Å²) in [6, 6.07) is 15.7. The van der Waals surface area contributed by atoms with Gasteiger partial charge in [0, 0.05) is 31.0 Å². The maximum absolute atomic E-state index is 13.4. The third-order valence-corrected chi connectivity index (χ3v) is 6.11. The summed E-state index contributed by atoms with van der Waals surface area (Å²) in [7, 11) is 0. The number of anilines is 1. The summed E-state index contributed by atoms with van der Waals surface area (Å²) in [5.74, 6) is 0.814. The number of amides is 1. The molecule has 2 aromatic rings. The fraction of sp³-hybridized carbons (Fsp3) is 0.458. The van der Waals surface area contributed by atoms with Crippen molar-refractivity contribution in [3.8, 4) is 5.75 Å². The van der Waals surface area contributed by atoms with E-state index >= 15 is 0 Å². The largest absolute Gasteiger partial charge is 0.490 e. The number of fused-ring (bicyclic) bond motifs is 1. The lowest BCUT2D eigenvalue weighted by Crippen LogP contribution is -2.46. The molecular weight excluding hydrogens is 380 g/mol. The Kier molecular flexibility index (Phi) is 5.60. The average molecular weight is 408 g/mol. The van der Waals surface area contributed by atoms with Crippen LogP contribution in [0.4, 0.5) is 5.69 Å². The molecule has 0 bridgehead atoms. The normalized spacial score (nSPS) is 25.8. The minimum atomic E-state index is -0.308. The van der Waals surface area contributed by atoms with E-state index in [0.717, 1.165) is 55.9 Å². The summed E-state index contributed by atoms with van der Waals surface area (Å²) in [5, 5.41) is 3.57. The Labute approximate surface area is 177 Å². The van der Waals surface area contributed by atoms with Crippen molar-refractivity contribution in [1.29, 1.82) is 0 Å². The van der Waals surface area contributed by atoms with E-state index in [1.54, 1.807) is 0 Å². The highest BCUT2D eigenvalue weighted by atomic mass is 16.5. The highest BCUT2D eigenvalue weighted by molar-refractivity contribution is 6.01. The molecule has 2 fully saturated rings. The van der Waals surface area contributed by atoms with Gasteiger partial charge in [-0.1, -0.05) is 30.3 Å². The fourth-order valence-electron chi connectivity index (χ4n) is 4.53. The predicted octanol–water partition coefficient (Wildman–Crippen LogP) is 3.99. The summed E-state index contributed by atoms with van der Waals surface area (Å²) in [6.07, 6.45) is 4.04. The van der Waals surface area contributed by atoms with Crippen LogP contribution in [0.15, 0.2) is 48.5 Å². The zero-order valence-corrected chi connectivity index (χ0v) is 17.1. The van der Waals surface area contributed by atoms with Crippen molar-refractivity contribution in [3.05, 3.63) is 59.7 Å². The zero-order chi connectivity index (χ0) is 20.3. The molecule has 0 aromatic heterocycles. The van der Waals surface area contributed by atoms with Crippen LogP contribution in [-0.4, -0.2) is 49.4 Å². The molecule has 2 aromatic carbocycles. The molecule has 3 unspecified atom stereocenters. The summed E-state index contributed by atoms with van der Waals surface area (Å²) in [6.45, 7) is 2.66. The highest BCUT2D eigenvalue weighted by Gasteiger charge is 2.36. The van der Waals surface area contributed by atoms with Crippen LogP contribution in [-0.2, 0) is 9.47 Å². The number of benzene rings is 2. The minimum Gasteiger partial charge on any atom is -0.490 e. The second kappa shape index (κ2) is 8.66. The molecular formula is C24H28N2O4. The number of ether oxygens (including phenoxy) is 3. The first-order valence-electron chi connectivity index (χ1n) is 10.9. The van der Waals surface area contributed by atoms with Gasteiger partial charge in [-0.2, -0.15) is 0 Å². The van der Waals surface area contributed by atoms with Gasteiger partial charge in [0.25, 0.3) is 5.91 Å². The minimum absolute atomic E-state index is 0.0266. The third kappa shape index (κ3) is 3.89. The number of carbonyl (C=O) groups excluding carboxylic acids is 1. The number of hydrogen-bond donors (Lipinski definition) is 1. The highest BCUT2D eigenvalue weighted by Crippen LogP contribution is 2.37. The first kappa shape index (κ1) is 19.4. The van der Waals surface area contributed by atoms with Crippen molar-refractivity contribution in [1.82, 2.24) is 4.90 Å². The van der Waals surface area contributed by atoms with Crippen molar-refractivity contribution in [2.75, 3.05) is 31.7 Å². The van der Waals surface area contributed by atoms with E-state index in [1.165, 1.54) is 0 Å². The second-order valence-corrected chi connectivity index (χ2v) is 8.17. The Balaban J connectivity index is 1.45. The molecule has 30 heavy (non-hydrogen) atoms. The van der Waals surface area contributed by atoms with Crippen LogP contribution in [0.1, 0.15) is 47.8 Å². The molecule has 3 aliphatic heterocycles. The van der Waals surface area contributed by atoms with Crippen LogP contribution in [0.3, 0.4) is 0 Å². The van der Waals surface area contributed by atoms with E-state index in [4.69, 9.17) is 14.2 Å². The van der Waals surface area contributed by atoms with Gasteiger partial charge in [0.2, 0.25) is 0 Å². The van der Waals surface area contributed by atoms with Gasteiger partial charge in [-0.15, -0.1) is 0 Å². The molecule has 3 aliphatic rings. The topological polar surface area (TPSA) is 60.0 Å². The molecule has 3 atom stereocenters. The maximum atomic E-state index is 13.4. The first-order chi connectivity index (χ1) is 14.8. The van der Waals surface area contributed by atoms with Crippen molar-refractivity contribution >= 4 is 11.6 Å². The summed E-state index contributed by atoms with van der Waals surface area (Å²) in [4.78, 5) is 15.3. The van der Waals surface area contributed by atoms with Gasteiger partial charge in [-0.05, 0) is 43.9 Å². The van der Waals surface area contributed by atoms with Crippen LogP contribution in [0.25, 0.3) is 0 Å². The molecule has 0 radical (unpaired) electrons. The standard InChI is InChI=1S/C24H28N2O4/c27-24-19-9-1-3-11-21(19)25-23(26(24)15-17-7-5-13-28-17)20-10-2-4-12-22(20)30-16-18-8-6-14-29-18/h1-4,9-12,17-18,23,25H,5-8,13-16H2. The van der Waals surface area contributed by atoms with Gasteiger partial charge in [0.05, 0.1) is 17.8 Å². The molecule has 3 heterocycles. The van der Waals surface area contributed by atoms with Crippen molar-refractivity contribution in [2.45, 2.75) is 44.1 Å². The first-order valence-corrected chi connectivity index (χ1v) is 10.9. The van der Waals surface area contributed by atoms with E-state index in [2.05, 4.69) is 5.32 Å². The molecule has 1 N–H and O–H groups in total. The van der Waals surface area contributed by atoms with Gasteiger partial charge >= 0.3 is 0 Å². The maximum Gasteiger partial charge on any atom is 0.257 e. The average Bonchev–Trinajstić information content (AvgIpc) is 3.49. The lowest BCUT2D eigenvalue weighted by atomic mass is 10.0. The molecule has 6 heteroatoms. The van der Waals surface area contributed by atoms with E-state index in [9.17, 15) is 4.79 Å². The second-order valence-electron chi connectivity index (χ2n) is 8.17. The van der Waals surface area contributed by atoms with Crippen LogP contribution in [0.2, 0.25) is 0 Å². The third-order valence-electron chi connectivity index (χ3n) is 6.11. The number of rotatable bonds is 6. The molecule has 2 saturated heterocycles. The molecule has 5 rings (SSSR count). The van der Waals surface area contributed by atoms with Crippen LogP contribution >= 0.6 is 0 Å². The van der Waals surface area contributed by atoms with Crippen molar-refractivity contribution in [2.24, 2.45) is 0 Å². The quantitative estimate of drug-likeness (QED) is 0.783. The number of nitrogens with one attached hydrogen (secondary N) is 1. The summed E-state index contributed by atoms with van der Waals surface area (Å²) >= 11 is 0. The van der Waals surface area contributed by atoms with E-state index in [-0.39, 0.29) is 24.3 Å². The van der Waals surface area contributed by atoms with Crippen LogP contribution < -0.4 is 10.1 Å². The van der Waals surface area contributed by atoms with Crippen molar-refractivity contribution in [3.63, 3.8) is 0 Å². The molecule has 0 saturated carbocycles. The Morgan fingerprint density at radius 1 is 0.967 bits per heavy atom. The SMILES string of the molecule is O=C1c2ccccc2NC(c2ccccc2OCC2CCCO2)N1CC1CCCO1. The predicted molar refractivity (Wildman–Crippen MR) is 114 cm³/mol. The Morgan fingerprint density at radius 2 is 1.70 bits per heavy atom. The van der Waals surface area contributed by atoms with E-state index in [1.807, 2.05) is 53.4 Å². The van der Waals surface area contributed by atoms with Gasteiger partial charge in [-0.25, -0.2) is 0 Å². The van der Waals surface area contributed by atoms with E-state index < -0.39 is 0 Å². The molecule has 6 nitrogen and oxygen atoms in total. The number of para-hydroxylation sites is 2. The Hall–Kier alpha value is -2.57. The summed E-state index contributed by atoms with van der Waals surface area (Å²) < 4.78 is 17.7. The smallest absolute Gasteiger partial charge is 0.257 e. The number of nitrogens with zero attached hydrogens (tertiary/aromatic N) is 1. The van der Waals surface area contributed by atoms with E-state index in [0.29, 0.717) is 18.7 Å². The van der Waals surface area contributed by atoms with Crippen LogP contribution in [0, 0.1) is 0 Å². The zero-order valence-electron chi connectivity index (χ0n) is 17.1. The monoisotopic (exact) mass is 408 g/mol. The Morgan fingerprint density at radius 3 is 2.50 bits per heavy atom. The molecule has 0 aliphatic carbocycles. The molecule has 158 valence electrons. The molecule has 0 spiro atoms. The van der Waals surface area contributed by atoms with Crippen molar-refractivity contribution < 1.29 is 19.0 Å². The van der Waals surface area contributed by atoms with Gasteiger partial charge in [0.1, 0.15) is 18.5 Å². The summed E-state index contributed by atoms with van der Waals surface area (Å²) in [5.41, 5.74) is 2.51. The van der Waals surface area contributed by atoms with Gasteiger partial charge in [0.15, 0.2) is 0 Å². The molecule has 1 amide bonds. The number of carbonyl (C=O) groups is 1. The lowest BCUT2D eigenvalue weighted by molar-refractivity contribution is 0.0416. The fourth-order valence-corrected chi connectivity index (χ4v) is 4.53. The number of hydrogen-bond acceptors (Lipinski definition) is 5. The van der Waals surface area contributed by atoms with Gasteiger partial charge < -0.3 is 24.4 Å².